The maximum absolute atomic E-state index is 11.9. The van der Waals surface area contributed by atoms with Crippen LogP contribution in [-0.4, -0.2) is 30.4 Å². The van der Waals surface area contributed by atoms with E-state index in [4.69, 9.17) is 5.11 Å². The fourth-order valence-electron chi connectivity index (χ4n) is 2.13. The number of benzene rings is 1. The lowest BCUT2D eigenvalue weighted by Crippen LogP contribution is -2.19. The first-order chi connectivity index (χ1) is 10.6. The van der Waals surface area contributed by atoms with E-state index in [0.29, 0.717) is 13.0 Å². The van der Waals surface area contributed by atoms with Crippen LogP contribution in [0.2, 0.25) is 0 Å². The summed E-state index contributed by atoms with van der Waals surface area (Å²) >= 11 is 0. The van der Waals surface area contributed by atoms with E-state index in [1.807, 2.05) is 44.4 Å². The molecule has 22 heavy (non-hydrogen) atoms. The van der Waals surface area contributed by atoms with Crippen molar-refractivity contribution in [2.45, 2.75) is 13.0 Å². The van der Waals surface area contributed by atoms with Gasteiger partial charge < -0.3 is 14.6 Å². The lowest BCUT2D eigenvalue weighted by atomic mass is 10.1. The Morgan fingerprint density at radius 2 is 1.77 bits per heavy atom. The number of pyridine rings is 1. The number of nitrogens with zero attached hydrogens (tertiary/aromatic N) is 2. The highest BCUT2D eigenvalue weighted by atomic mass is 16.3. The first-order valence-corrected chi connectivity index (χ1v) is 7.37. The summed E-state index contributed by atoms with van der Waals surface area (Å²) in [5.41, 5.74) is 3.08. The molecule has 116 valence electrons. The Morgan fingerprint density at radius 1 is 1.09 bits per heavy atom. The first-order valence-electron chi connectivity index (χ1n) is 7.37. The summed E-state index contributed by atoms with van der Waals surface area (Å²) in [5, 5.41) is 8.81. The highest BCUT2D eigenvalue weighted by Crippen LogP contribution is 2.14. The Bertz CT molecular complexity index is 685. The number of hydrogen-bond acceptors (Lipinski definition) is 3. The molecule has 2 rings (SSSR count). The van der Waals surface area contributed by atoms with Gasteiger partial charge >= 0.3 is 0 Å². The van der Waals surface area contributed by atoms with E-state index in [9.17, 15) is 4.79 Å². The molecule has 0 aliphatic rings. The molecule has 0 aliphatic carbocycles. The van der Waals surface area contributed by atoms with Crippen molar-refractivity contribution in [1.29, 1.82) is 0 Å². The van der Waals surface area contributed by atoms with Crippen LogP contribution in [0.15, 0.2) is 47.4 Å². The van der Waals surface area contributed by atoms with Gasteiger partial charge in [0.05, 0.1) is 0 Å². The van der Waals surface area contributed by atoms with Crippen molar-refractivity contribution in [3.05, 3.63) is 64.1 Å². The molecular formula is C18H22N2O2. The fraction of sp³-hybridized carbons (Fsp3) is 0.278. The summed E-state index contributed by atoms with van der Waals surface area (Å²) in [6.07, 6.45) is 6.29. The fourth-order valence-corrected chi connectivity index (χ4v) is 2.13. The Labute approximate surface area is 130 Å². The SMILES string of the molecule is CN(C)c1ccc(/C=C/c2ccn(CCCO)c(=O)c2)cc1. The van der Waals surface area contributed by atoms with Crippen molar-refractivity contribution >= 4 is 17.8 Å². The van der Waals surface area contributed by atoms with Crippen molar-refractivity contribution in [2.24, 2.45) is 0 Å². The predicted octanol–water partition coefficient (Wildman–Crippen LogP) is 2.47. The van der Waals surface area contributed by atoms with E-state index in [2.05, 4.69) is 17.0 Å². The number of aliphatic hydroxyl groups excluding tert-OH is 1. The Hall–Kier alpha value is -2.33. The number of aryl methyl sites for hydroxylation is 1. The molecule has 0 fully saturated rings. The number of anilines is 1. The van der Waals surface area contributed by atoms with Crippen LogP contribution in [0.25, 0.3) is 12.2 Å². The van der Waals surface area contributed by atoms with Gasteiger partial charge in [0, 0.05) is 45.2 Å². The minimum absolute atomic E-state index is 0.0430. The van der Waals surface area contributed by atoms with E-state index in [-0.39, 0.29) is 12.2 Å². The second kappa shape index (κ2) is 7.61. The molecule has 1 aromatic carbocycles. The van der Waals surface area contributed by atoms with Gasteiger partial charge in [0.25, 0.3) is 5.56 Å². The van der Waals surface area contributed by atoms with Gasteiger partial charge in [-0.25, -0.2) is 0 Å². The van der Waals surface area contributed by atoms with Crippen LogP contribution in [0.1, 0.15) is 17.5 Å². The van der Waals surface area contributed by atoms with Crippen molar-refractivity contribution in [2.75, 3.05) is 25.6 Å². The normalized spacial score (nSPS) is 11.0. The van der Waals surface area contributed by atoms with Crippen molar-refractivity contribution in [3.8, 4) is 0 Å². The van der Waals surface area contributed by atoms with Gasteiger partial charge in [0.2, 0.25) is 0 Å². The van der Waals surface area contributed by atoms with Crippen molar-refractivity contribution < 1.29 is 5.11 Å². The molecule has 1 heterocycles. The second-order valence-corrected chi connectivity index (χ2v) is 5.39. The van der Waals surface area contributed by atoms with E-state index in [1.54, 1.807) is 16.8 Å². The zero-order valence-corrected chi connectivity index (χ0v) is 13.1. The van der Waals surface area contributed by atoms with Gasteiger partial charge in [-0.05, 0) is 35.7 Å². The minimum Gasteiger partial charge on any atom is -0.396 e. The van der Waals surface area contributed by atoms with Crippen LogP contribution in [0.4, 0.5) is 5.69 Å². The van der Waals surface area contributed by atoms with Crippen LogP contribution in [0.3, 0.4) is 0 Å². The Balaban J connectivity index is 2.09. The van der Waals surface area contributed by atoms with Crippen molar-refractivity contribution in [3.63, 3.8) is 0 Å². The van der Waals surface area contributed by atoms with Crippen LogP contribution in [0, 0.1) is 0 Å². The van der Waals surface area contributed by atoms with E-state index < -0.39 is 0 Å². The van der Waals surface area contributed by atoms with Gasteiger partial charge in [-0.1, -0.05) is 24.3 Å². The Morgan fingerprint density at radius 3 is 2.36 bits per heavy atom. The Kier molecular flexibility index (Phi) is 5.55. The molecule has 0 atom stereocenters. The molecule has 4 heteroatoms. The molecule has 1 N–H and O–H groups in total. The first kappa shape index (κ1) is 16.0. The summed E-state index contributed by atoms with van der Waals surface area (Å²) in [6.45, 7) is 0.641. The highest BCUT2D eigenvalue weighted by Gasteiger charge is 1.97. The zero-order chi connectivity index (χ0) is 15.9. The number of rotatable bonds is 6. The van der Waals surface area contributed by atoms with E-state index in [0.717, 1.165) is 16.8 Å². The average Bonchev–Trinajstić information content (AvgIpc) is 2.52. The van der Waals surface area contributed by atoms with Crippen molar-refractivity contribution in [1.82, 2.24) is 4.57 Å². The molecule has 0 saturated heterocycles. The maximum atomic E-state index is 11.9. The molecule has 2 aromatic rings. The lowest BCUT2D eigenvalue weighted by Gasteiger charge is -2.11. The van der Waals surface area contributed by atoms with Gasteiger partial charge in [0.1, 0.15) is 0 Å². The molecular weight excluding hydrogens is 276 g/mol. The smallest absolute Gasteiger partial charge is 0.251 e. The quantitative estimate of drug-likeness (QED) is 0.891. The highest BCUT2D eigenvalue weighted by molar-refractivity contribution is 5.70. The van der Waals surface area contributed by atoms with Crippen LogP contribution >= 0.6 is 0 Å². The van der Waals surface area contributed by atoms with Gasteiger partial charge in [-0.15, -0.1) is 0 Å². The summed E-state index contributed by atoms with van der Waals surface area (Å²) in [4.78, 5) is 14.0. The monoisotopic (exact) mass is 298 g/mol. The van der Waals surface area contributed by atoms with Gasteiger partial charge in [0.15, 0.2) is 0 Å². The van der Waals surface area contributed by atoms with Crippen LogP contribution in [-0.2, 0) is 6.54 Å². The molecule has 0 amide bonds. The number of aliphatic hydroxyl groups is 1. The topological polar surface area (TPSA) is 45.5 Å². The number of aromatic nitrogens is 1. The molecule has 0 saturated carbocycles. The summed E-state index contributed by atoms with van der Waals surface area (Å²) in [5.74, 6) is 0. The van der Waals surface area contributed by atoms with Crippen LogP contribution < -0.4 is 10.5 Å². The third kappa shape index (κ3) is 4.33. The average molecular weight is 298 g/mol. The minimum atomic E-state index is -0.0430. The molecule has 1 aromatic heterocycles. The third-order valence-electron chi connectivity index (χ3n) is 3.45. The number of hydrogen-bond donors (Lipinski definition) is 1. The van der Waals surface area contributed by atoms with Crippen LogP contribution in [0.5, 0.6) is 0 Å². The van der Waals surface area contributed by atoms with Gasteiger partial charge in [-0.3, -0.25) is 4.79 Å². The molecule has 0 bridgehead atoms. The van der Waals surface area contributed by atoms with Gasteiger partial charge in [-0.2, -0.15) is 0 Å². The zero-order valence-electron chi connectivity index (χ0n) is 13.1. The third-order valence-corrected chi connectivity index (χ3v) is 3.45. The molecule has 0 radical (unpaired) electrons. The molecule has 0 spiro atoms. The largest absolute Gasteiger partial charge is 0.396 e. The van der Waals surface area contributed by atoms with E-state index in [1.165, 1.54) is 0 Å². The summed E-state index contributed by atoms with van der Waals surface area (Å²) in [6, 6.07) is 11.7. The summed E-state index contributed by atoms with van der Waals surface area (Å²) in [7, 11) is 4.02. The molecule has 4 nitrogen and oxygen atoms in total. The molecule has 0 aliphatic heterocycles. The molecule has 0 unspecified atom stereocenters. The predicted molar refractivity (Wildman–Crippen MR) is 92.1 cm³/mol. The standard InChI is InChI=1S/C18H22N2O2/c1-19(2)17-8-6-15(7-9-17)4-5-16-10-12-20(11-3-13-21)18(22)14-16/h4-10,12,14,21H,3,11,13H2,1-2H3/b5-4+. The van der Waals surface area contributed by atoms with E-state index >= 15 is 0 Å². The summed E-state index contributed by atoms with van der Waals surface area (Å²) < 4.78 is 1.61. The maximum Gasteiger partial charge on any atom is 0.251 e. The lowest BCUT2D eigenvalue weighted by molar-refractivity contribution is 0.279. The second-order valence-electron chi connectivity index (χ2n) is 5.39.